The van der Waals surface area contributed by atoms with E-state index in [2.05, 4.69) is 5.32 Å². The number of ether oxygens (including phenoxy) is 1. The molecule has 4 N–H and O–H groups in total. The number of hydrogen-bond donors (Lipinski definition) is 3. The lowest BCUT2D eigenvalue weighted by atomic mass is 10.3. The summed E-state index contributed by atoms with van der Waals surface area (Å²) in [6.07, 6.45) is 0. The molecule has 0 saturated heterocycles. The molecule has 0 spiro atoms. The summed E-state index contributed by atoms with van der Waals surface area (Å²) in [7, 11) is 0. The first-order valence-electron chi connectivity index (χ1n) is 6.95. The Kier molecular flexibility index (Phi) is 5.67. The third-order valence-corrected chi connectivity index (χ3v) is 3.17. The summed E-state index contributed by atoms with van der Waals surface area (Å²) in [6.45, 7) is 1.44. The number of carbonyl (C=O) groups is 2. The number of nitrogens with one attached hydrogen (secondary N) is 1. The number of hydrogen-bond acceptors (Lipinski definition) is 5. The standard InChI is InChI=1S/C15H16ClN3O5/c1-9(8-19(22)15(17)21)18-14(20)12-6-7-13(24-12)23-11-4-2-10(16)3-5-11/h2-7,9,22H,8H2,1H3,(H2,17,21)(H,18,20). The predicted molar refractivity (Wildman–Crippen MR) is 85.2 cm³/mol. The van der Waals surface area contributed by atoms with Crippen molar-refractivity contribution in [3.8, 4) is 11.7 Å². The van der Waals surface area contributed by atoms with Crippen LogP contribution >= 0.6 is 11.6 Å². The molecule has 0 bridgehead atoms. The molecule has 0 aliphatic carbocycles. The second-order valence-corrected chi connectivity index (χ2v) is 5.41. The molecule has 0 fully saturated rings. The van der Waals surface area contributed by atoms with E-state index in [-0.39, 0.29) is 18.3 Å². The molecule has 0 aliphatic heterocycles. The smallest absolute Gasteiger partial charge is 0.338 e. The number of nitrogens with zero attached hydrogens (tertiary/aromatic N) is 1. The second-order valence-electron chi connectivity index (χ2n) is 4.97. The van der Waals surface area contributed by atoms with Gasteiger partial charge < -0.3 is 20.2 Å². The molecule has 0 radical (unpaired) electrons. The SMILES string of the molecule is CC(CN(O)C(N)=O)NC(=O)c1ccc(Oc2ccc(Cl)cc2)o1. The molecule has 9 heteroatoms. The van der Waals surface area contributed by atoms with Gasteiger partial charge in [-0.2, -0.15) is 0 Å². The number of rotatable bonds is 6. The Morgan fingerprint density at radius 3 is 2.62 bits per heavy atom. The number of benzene rings is 1. The Balaban J connectivity index is 1.93. The highest BCUT2D eigenvalue weighted by Gasteiger charge is 2.17. The van der Waals surface area contributed by atoms with Crippen LogP contribution in [-0.2, 0) is 0 Å². The van der Waals surface area contributed by atoms with Gasteiger partial charge in [-0.3, -0.25) is 10.0 Å². The molecule has 1 aromatic carbocycles. The van der Waals surface area contributed by atoms with Crippen LogP contribution in [0.4, 0.5) is 4.79 Å². The van der Waals surface area contributed by atoms with Gasteiger partial charge in [0.15, 0.2) is 5.76 Å². The zero-order valence-electron chi connectivity index (χ0n) is 12.7. The van der Waals surface area contributed by atoms with E-state index in [1.54, 1.807) is 31.2 Å². The van der Waals surface area contributed by atoms with Crippen molar-refractivity contribution in [1.29, 1.82) is 0 Å². The molecule has 1 atom stereocenters. The van der Waals surface area contributed by atoms with Gasteiger partial charge in [0, 0.05) is 17.1 Å². The van der Waals surface area contributed by atoms with E-state index in [0.717, 1.165) is 0 Å². The maximum atomic E-state index is 12.0. The van der Waals surface area contributed by atoms with Gasteiger partial charge in [-0.25, -0.2) is 9.86 Å². The summed E-state index contributed by atoms with van der Waals surface area (Å²) in [4.78, 5) is 22.8. The van der Waals surface area contributed by atoms with Gasteiger partial charge in [0.1, 0.15) is 5.75 Å². The number of halogens is 1. The van der Waals surface area contributed by atoms with E-state index in [1.165, 1.54) is 12.1 Å². The van der Waals surface area contributed by atoms with Gasteiger partial charge in [-0.1, -0.05) is 11.6 Å². The molecule has 128 valence electrons. The summed E-state index contributed by atoms with van der Waals surface area (Å²) in [5, 5.41) is 12.7. The van der Waals surface area contributed by atoms with Crippen LogP contribution in [-0.4, -0.2) is 34.8 Å². The zero-order valence-corrected chi connectivity index (χ0v) is 13.5. The van der Waals surface area contributed by atoms with E-state index < -0.39 is 18.0 Å². The van der Waals surface area contributed by atoms with Gasteiger partial charge in [-0.05, 0) is 37.3 Å². The van der Waals surface area contributed by atoms with Crippen LogP contribution in [0.2, 0.25) is 5.02 Å². The number of urea groups is 1. The molecule has 24 heavy (non-hydrogen) atoms. The lowest BCUT2D eigenvalue weighted by Gasteiger charge is -2.18. The monoisotopic (exact) mass is 353 g/mol. The third kappa shape index (κ3) is 4.90. The normalized spacial score (nSPS) is 11.6. The molecule has 2 aromatic rings. The third-order valence-electron chi connectivity index (χ3n) is 2.92. The Morgan fingerprint density at radius 1 is 1.33 bits per heavy atom. The largest absolute Gasteiger partial charge is 0.426 e. The number of hydroxylamine groups is 2. The van der Waals surface area contributed by atoms with Crippen LogP contribution in [0.15, 0.2) is 40.8 Å². The van der Waals surface area contributed by atoms with Crippen LogP contribution < -0.4 is 15.8 Å². The molecule has 3 amide bonds. The summed E-state index contributed by atoms with van der Waals surface area (Å²) in [5.41, 5.74) is 4.89. The van der Waals surface area contributed by atoms with Crippen LogP contribution in [0, 0.1) is 0 Å². The average Bonchev–Trinajstić information content (AvgIpc) is 2.98. The number of carbonyl (C=O) groups excluding carboxylic acids is 2. The van der Waals surface area contributed by atoms with Crippen molar-refractivity contribution in [3.63, 3.8) is 0 Å². The minimum absolute atomic E-state index is 0.0226. The topological polar surface area (TPSA) is 118 Å². The second kappa shape index (κ2) is 7.71. The van der Waals surface area contributed by atoms with Crippen molar-refractivity contribution in [2.24, 2.45) is 5.73 Å². The molecule has 2 rings (SSSR count). The fourth-order valence-corrected chi connectivity index (χ4v) is 1.93. The molecule has 1 unspecified atom stereocenters. The van der Waals surface area contributed by atoms with E-state index in [9.17, 15) is 14.8 Å². The van der Waals surface area contributed by atoms with Crippen molar-refractivity contribution in [3.05, 3.63) is 47.2 Å². The highest BCUT2D eigenvalue weighted by atomic mass is 35.5. The number of nitrogens with two attached hydrogens (primary N) is 1. The Morgan fingerprint density at radius 2 is 2.00 bits per heavy atom. The van der Waals surface area contributed by atoms with Gasteiger partial charge in [0.05, 0.1) is 6.54 Å². The average molecular weight is 354 g/mol. The number of amides is 3. The van der Waals surface area contributed by atoms with Crippen LogP contribution in [0.5, 0.6) is 11.7 Å². The zero-order chi connectivity index (χ0) is 17.7. The maximum absolute atomic E-state index is 12.0. The van der Waals surface area contributed by atoms with Crippen LogP contribution in [0.1, 0.15) is 17.5 Å². The fraction of sp³-hybridized carbons (Fsp3) is 0.200. The molecule has 1 heterocycles. The summed E-state index contributed by atoms with van der Waals surface area (Å²) in [6, 6.07) is 8.03. The van der Waals surface area contributed by atoms with Crippen molar-refractivity contribution < 1.29 is 24.0 Å². The quantitative estimate of drug-likeness (QED) is 0.545. The van der Waals surface area contributed by atoms with Crippen molar-refractivity contribution in [2.75, 3.05) is 6.54 Å². The minimum Gasteiger partial charge on any atom is -0.426 e. The van der Waals surface area contributed by atoms with E-state index in [0.29, 0.717) is 15.8 Å². The molecule has 0 saturated carbocycles. The van der Waals surface area contributed by atoms with Crippen molar-refractivity contribution in [1.82, 2.24) is 10.4 Å². The van der Waals surface area contributed by atoms with E-state index in [1.807, 2.05) is 0 Å². The molecular weight excluding hydrogens is 338 g/mol. The summed E-state index contributed by atoms with van der Waals surface area (Å²) >= 11 is 5.78. The predicted octanol–water partition coefficient (Wildman–Crippen LogP) is 2.61. The van der Waals surface area contributed by atoms with Gasteiger partial charge in [0.2, 0.25) is 0 Å². The Labute approximate surface area is 142 Å². The molecule has 1 aromatic heterocycles. The lowest BCUT2D eigenvalue weighted by Crippen LogP contribution is -2.44. The van der Waals surface area contributed by atoms with Gasteiger partial charge >= 0.3 is 6.03 Å². The van der Waals surface area contributed by atoms with Crippen LogP contribution in [0.25, 0.3) is 0 Å². The number of primary amides is 1. The van der Waals surface area contributed by atoms with Gasteiger partial charge in [0.25, 0.3) is 11.9 Å². The minimum atomic E-state index is -1.01. The van der Waals surface area contributed by atoms with Crippen molar-refractivity contribution >= 4 is 23.5 Å². The Hall–Kier alpha value is -2.71. The Bertz CT molecular complexity index is 716. The first-order chi connectivity index (χ1) is 11.3. The summed E-state index contributed by atoms with van der Waals surface area (Å²) in [5.74, 6) is 0.142. The molecular formula is C15H16ClN3O5. The maximum Gasteiger partial charge on any atom is 0.338 e. The van der Waals surface area contributed by atoms with Gasteiger partial charge in [-0.15, -0.1) is 0 Å². The lowest BCUT2D eigenvalue weighted by molar-refractivity contribution is -0.0440. The van der Waals surface area contributed by atoms with Crippen LogP contribution in [0.3, 0.4) is 0 Å². The highest BCUT2D eigenvalue weighted by molar-refractivity contribution is 6.30. The fourth-order valence-electron chi connectivity index (χ4n) is 1.81. The molecule has 8 nitrogen and oxygen atoms in total. The van der Waals surface area contributed by atoms with E-state index >= 15 is 0 Å². The van der Waals surface area contributed by atoms with Crippen molar-refractivity contribution in [2.45, 2.75) is 13.0 Å². The highest BCUT2D eigenvalue weighted by Crippen LogP contribution is 2.25. The van der Waals surface area contributed by atoms with E-state index in [4.69, 9.17) is 26.5 Å². The molecule has 0 aliphatic rings. The first kappa shape index (κ1) is 17.6. The first-order valence-corrected chi connectivity index (χ1v) is 7.33. The summed E-state index contributed by atoms with van der Waals surface area (Å²) < 4.78 is 10.7. The number of furan rings is 1.